The van der Waals surface area contributed by atoms with Gasteiger partial charge in [0.1, 0.15) is 16.5 Å². The molecule has 108 valence electrons. The first-order chi connectivity index (χ1) is 9.95. The first-order valence-corrected chi connectivity index (χ1v) is 7.35. The molecule has 2 N–H and O–H groups in total. The number of hydrogen-bond donors (Lipinski definition) is 2. The lowest BCUT2D eigenvalue weighted by molar-refractivity contribution is 0.555. The molecule has 2 aromatic carbocycles. The minimum absolute atomic E-state index is 0.218. The van der Waals surface area contributed by atoms with E-state index >= 15 is 0 Å². The molecule has 0 atom stereocenters. The Labute approximate surface area is 118 Å². The van der Waals surface area contributed by atoms with Crippen LogP contribution in [0.4, 0.5) is 14.5 Å². The van der Waals surface area contributed by atoms with Gasteiger partial charge in [-0.15, -0.1) is 0 Å². The molecule has 0 bridgehead atoms. The quantitative estimate of drug-likeness (QED) is 0.781. The maximum atomic E-state index is 13.6. The zero-order valence-electron chi connectivity index (χ0n) is 10.5. The molecular weight excluding hydrogens is 300 g/mol. The van der Waals surface area contributed by atoms with Gasteiger partial charge in [0.2, 0.25) is 0 Å². The molecule has 0 saturated carbocycles. The topological polar surface area (TPSA) is 74.8 Å². The average molecular weight is 309 g/mol. The van der Waals surface area contributed by atoms with Crippen LogP contribution >= 0.6 is 0 Å². The summed E-state index contributed by atoms with van der Waals surface area (Å²) in [5.41, 5.74) is 0.838. The molecule has 5 nitrogen and oxygen atoms in total. The smallest absolute Gasteiger partial charge is 0.264 e. The highest BCUT2D eigenvalue weighted by Gasteiger charge is 2.20. The van der Waals surface area contributed by atoms with Gasteiger partial charge in [0.15, 0.2) is 0 Å². The Morgan fingerprint density at radius 3 is 2.71 bits per heavy atom. The first kappa shape index (κ1) is 13.5. The number of aromatic nitrogens is 2. The molecule has 8 heteroatoms. The number of anilines is 1. The van der Waals surface area contributed by atoms with Gasteiger partial charge in [0.25, 0.3) is 10.0 Å². The molecule has 0 unspecified atom stereocenters. The molecule has 1 heterocycles. The minimum Gasteiger partial charge on any atom is -0.279 e. The van der Waals surface area contributed by atoms with Crippen LogP contribution in [0.15, 0.2) is 47.5 Å². The Bertz CT molecular complexity index is 922. The van der Waals surface area contributed by atoms with Crippen molar-refractivity contribution in [1.29, 1.82) is 0 Å². The van der Waals surface area contributed by atoms with E-state index in [2.05, 4.69) is 14.9 Å². The third kappa shape index (κ3) is 2.57. The predicted molar refractivity (Wildman–Crippen MR) is 73.3 cm³/mol. The Balaban J connectivity index is 2.00. The van der Waals surface area contributed by atoms with Crippen molar-refractivity contribution >= 4 is 26.6 Å². The number of rotatable bonds is 3. The van der Waals surface area contributed by atoms with Crippen LogP contribution < -0.4 is 4.72 Å². The van der Waals surface area contributed by atoms with Crippen molar-refractivity contribution in [3.05, 3.63) is 54.2 Å². The van der Waals surface area contributed by atoms with Gasteiger partial charge in [0.05, 0.1) is 17.4 Å². The average Bonchev–Trinajstić information content (AvgIpc) is 2.88. The van der Waals surface area contributed by atoms with Gasteiger partial charge in [-0.2, -0.15) is 5.10 Å². The fourth-order valence-electron chi connectivity index (χ4n) is 1.89. The van der Waals surface area contributed by atoms with E-state index in [-0.39, 0.29) is 5.69 Å². The Morgan fingerprint density at radius 1 is 1.10 bits per heavy atom. The SMILES string of the molecule is O=S(=O)(Nc1ccc2cn[nH]c2c1)c1cc(F)ccc1F. The van der Waals surface area contributed by atoms with Crippen molar-refractivity contribution in [3.8, 4) is 0 Å². The molecule has 3 aromatic rings. The van der Waals surface area contributed by atoms with Crippen molar-refractivity contribution in [3.63, 3.8) is 0 Å². The number of H-pyrrole nitrogens is 1. The van der Waals surface area contributed by atoms with E-state index in [1.165, 1.54) is 12.1 Å². The van der Waals surface area contributed by atoms with E-state index in [1.54, 1.807) is 12.3 Å². The summed E-state index contributed by atoms with van der Waals surface area (Å²) in [5.74, 6) is -1.85. The van der Waals surface area contributed by atoms with Crippen LogP contribution in [0.3, 0.4) is 0 Å². The molecule has 0 amide bonds. The molecule has 21 heavy (non-hydrogen) atoms. The van der Waals surface area contributed by atoms with E-state index < -0.39 is 26.6 Å². The summed E-state index contributed by atoms with van der Waals surface area (Å²) in [7, 11) is -4.22. The Hall–Kier alpha value is -2.48. The minimum atomic E-state index is -4.22. The Morgan fingerprint density at radius 2 is 1.90 bits per heavy atom. The van der Waals surface area contributed by atoms with Crippen LogP contribution in [0.25, 0.3) is 10.9 Å². The number of nitrogens with zero attached hydrogens (tertiary/aromatic N) is 1. The molecule has 0 spiro atoms. The van der Waals surface area contributed by atoms with Gasteiger partial charge in [0, 0.05) is 5.39 Å². The number of fused-ring (bicyclic) bond motifs is 1. The standard InChI is InChI=1S/C13H9F2N3O2S/c14-9-2-4-11(15)13(5-9)21(19,20)18-10-3-1-8-7-16-17-12(8)6-10/h1-7,18H,(H,16,17). The highest BCUT2D eigenvalue weighted by Crippen LogP contribution is 2.22. The summed E-state index contributed by atoms with van der Waals surface area (Å²) in [6, 6.07) is 6.92. The van der Waals surface area contributed by atoms with Crippen LogP contribution in [0, 0.1) is 11.6 Å². The number of halogens is 2. The van der Waals surface area contributed by atoms with Gasteiger partial charge in [-0.05, 0) is 36.4 Å². The van der Waals surface area contributed by atoms with Gasteiger partial charge in [-0.25, -0.2) is 17.2 Å². The zero-order chi connectivity index (χ0) is 15.0. The van der Waals surface area contributed by atoms with Crippen molar-refractivity contribution in [2.45, 2.75) is 4.90 Å². The number of sulfonamides is 1. The van der Waals surface area contributed by atoms with E-state index in [4.69, 9.17) is 0 Å². The van der Waals surface area contributed by atoms with Crippen molar-refractivity contribution in [2.75, 3.05) is 4.72 Å². The van der Waals surface area contributed by atoms with Crippen LogP contribution in [0.2, 0.25) is 0 Å². The summed E-state index contributed by atoms with van der Waals surface area (Å²) < 4.78 is 53.1. The maximum absolute atomic E-state index is 13.6. The summed E-state index contributed by atoms with van der Waals surface area (Å²) in [6.45, 7) is 0. The molecule has 0 aliphatic heterocycles. The largest absolute Gasteiger partial charge is 0.279 e. The van der Waals surface area contributed by atoms with Crippen LogP contribution in [0.1, 0.15) is 0 Å². The van der Waals surface area contributed by atoms with E-state index in [1.807, 2.05) is 0 Å². The third-order valence-electron chi connectivity index (χ3n) is 2.88. The number of nitrogens with one attached hydrogen (secondary N) is 2. The normalized spacial score (nSPS) is 11.7. The molecule has 0 saturated heterocycles. The van der Waals surface area contributed by atoms with Crippen molar-refractivity contribution in [2.24, 2.45) is 0 Å². The fraction of sp³-hybridized carbons (Fsp3) is 0. The van der Waals surface area contributed by atoms with Crippen LogP contribution in [-0.4, -0.2) is 18.6 Å². The first-order valence-electron chi connectivity index (χ1n) is 5.87. The summed E-state index contributed by atoms with van der Waals surface area (Å²) in [4.78, 5) is -0.743. The second-order valence-corrected chi connectivity index (χ2v) is 6.00. The number of aromatic amines is 1. The molecule has 0 radical (unpaired) electrons. The van der Waals surface area contributed by atoms with Gasteiger partial charge < -0.3 is 0 Å². The maximum Gasteiger partial charge on any atom is 0.264 e. The van der Waals surface area contributed by atoms with Crippen molar-refractivity contribution < 1.29 is 17.2 Å². The van der Waals surface area contributed by atoms with E-state index in [9.17, 15) is 17.2 Å². The molecule has 1 aromatic heterocycles. The molecule has 0 aliphatic carbocycles. The second-order valence-electron chi connectivity index (χ2n) is 4.35. The lowest BCUT2D eigenvalue weighted by atomic mass is 10.2. The van der Waals surface area contributed by atoms with E-state index in [0.717, 1.165) is 17.5 Å². The fourth-order valence-corrected chi connectivity index (χ4v) is 3.03. The zero-order valence-corrected chi connectivity index (χ0v) is 11.3. The predicted octanol–water partition coefficient (Wildman–Crippen LogP) is 2.64. The monoisotopic (exact) mass is 309 g/mol. The molecule has 0 aliphatic rings. The lowest BCUT2D eigenvalue weighted by Crippen LogP contribution is -2.14. The van der Waals surface area contributed by atoms with Crippen molar-refractivity contribution in [1.82, 2.24) is 10.2 Å². The van der Waals surface area contributed by atoms with Gasteiger partial charge >= 0.3 is 0 Å². The lowest BCUT2D eigenvalue weighted by Gasteiger charge is -2.09. The van der Waals surface area contributed by atoms with Crippen LogP contribution in [0.5, 0.6) is 0 Å². The highest BCUT2D eigenvalue weighted by molar-refractivity contribution is 7.92. The number of benzene rings is 2. The summed E-state index contributed by atoms with van der Waals surface area (Å²) in [6.07, 6.45) is 1.58. The molecule has 0 fully saturated rings. The molecular formula is C13H9F2N3O2S. The molecule has 3 rings (SSSR count). The van der Waals surface area contributed by atoms with Crippen LogP contribution in [-0.2, 0) is 10.0 Å². The number of hydrogen-bond acceptors (Lipinski definition) is 3. The highest BCUT2D eigenvalue weighted by atomic mass is 32.2. The van der Waals surface area contributed by atoms with Gasteiger partial charge in [-0.3, -0.25) is 9.82 Å². The second kappa shape index (κ2) is 4.81. The summed E-state index contributed by atoms with van der Waals surface area (Å²) in [5, 5.41) is 7.30. The summed E-state index contributed by atoms with van der Waals surface area (Å²) >= 11 is 0. The third-order valence-corrected chi connectivity index (χ3v) is 4.27. The van der Waals surface area contributed by atoms with Gasteiger partial charge in [-0.1, -0.05) is 0 Å². The Kier molecular flexibility index (Phi) is 3.09. The van der Waals surface area contributed by atoms with E-state index in [0.29, 0.717) is 11.6 Å².